The molecule has 0 bridgehead atoms. The van der Waals surface area contributed by atoms with Gasteiger partial charge in [0.1, 0.15) is 5.75 Å². The van der Waals surface area contributed by atoms with Crippen molar-refractivity contribution in [2.75, 3.05) is 20.2 Å². The topological polar surface area (TPSA) is 75.7 Å². The summed E-state index contributed by atoms with van der Waals surface area (Å²) < 4.78 is 32.8. The normalized spacial score (nSPS) is 17.4. The molecule has 1 saturated heterocycles. The van der Waals surface area contributed by atoms with E-state index in [4.69, 9.17) is 4.74 Å². The molecular formula is C24H26N2O4S. The van der Waals surface area contributed by atoms with Gasteiger partial charge in [0.05, 0.1) is 17.9 Å². The highest BCUT2D eigenvalue weighted by molar-refractivity contribution is 7.89. The lowest BCUT2D eigenvalue weighted by Gasteiger charge is -2.31. The first-order valence-electron chi connectivity index (χ1n) is 10.4. The highest BCUT2D eigenvalue weighted by Crippen LogP contribution is 2.28. The second-order valence-corrected chi connectivity index (χ2v) is 9.64. The van der Waals surface area contributed by atoms with E-state index < -0.39 is 10.0 Å². The quantitative estimate of drug-likeness (QED) is 0.639. The minimum atomic E-state index is -3.60. The second-order valence-electron chi connectivity index (χ2n) is 7.70. The Morgan fingerprint density at radius 1 is 1.06 bits per heavy atom. The Balaban J connectivity index is 1.48. The van der Waals surface area contributed by atoms with Crippen LogP contribution in [0.2, 0.25) is 0 Å². The molecular weight excluding hydrogens is 412 g/mol. The summed E-state index contributed by atoms with van der Waals surface area (Å²) in [6, 6.07) is 20.2. The van der Waals surface area contributed by atoms with E-state index in [1.165, 1.54) is 4.31 Å². The third-order valence-electron chi connectivity index (χ3n) is 5.79. The fraction of sp³-hybridized carbons (Fsp3) is 0.292. The van der Waals surface area contributed by atoms with Crippen molar-refractivity contribution in [2.24, 2.45) is 5.92 Å². The molecule has 0 spiro atoms. The predicted molar refractivity (Wildman–Crippen MR) is 120 cm³/mol. The molecule has 6 nitrogen and oxygen atoms in total. The lowest BCUT2D eigenvalue weighted by molar-refractivity contribution is -0.126. The number of ether oxygens (including phenoxy) is 1. The average molecular weight is 439 g/mol. The van der Waals surface area contributed by atoms with Crippen LogP contribution in [0.5, 0.6) is 5.75 Å². The Labute approximate surface area is 182 Å². The van der Waals surface area contributed by atoms with E-state index in [0.29, 0.717) is 25.9 Å². The summed E-state index contributed by atoms with van der Waals surface area (Å²) in [5.74, 6) is 0.201. The van der Waals surface area contributed by atoms with Crippen LogP contribution in [0.3, 0.4) is 0 Å². The Morgan fingerprint density at radius 3 is 2.58 bits per heavy atom. The molecule has 0 saturated carbocycles. The van der Waals surface area contributed by atoms with Gasteiger partial charge in [-0.2, -0.15) is 4.31 Å². The van der Waals surface area contributed by atoms with Crippen LogP contribution in [-0.2, 0) is 21.4 Å². The van der Waals surface area contributed by atoms with Crippen molar-refractivity contribution in [3.05, 3.63) is 72.3 Å². The molecule has 1 aliphatic heterocycles. The van der Waals surface area contributed by atoms with Gasteiger partial charge in [-0.05, 0) is 41.8 Å². The highest BCUT2D eigenvalue weighted by Gasteiger charge is 2.33. The molecule has 0 aliphatic carbocycles. The number of carbonyl (C=O) groups excluding carboxylic acids is 1. The maximum Gasteiger partial charge on any atom is 0.243 e. The molecule has 3 aromatic rings. The molecule has 1 amide bonds. The number of carbonyl (C=O) groups is 1. The van der Waals surface area contributed by atoms with Crippen molar-refractivity contribution in [3.8, 4) is 5.75 Å². The van der Waals surface area contributed by atoms with E-state index in [9.17, 15) is 13.2 Å². The van der Waals surface area contributed by atoms with E-state index in [2.05, 4.69) is 5.32 Å². The van der Waals surface area contributed by atoms with Gasteiger partial charge in [0.25, 0.3) is 0 Å². The van der Waals surface area contributed by atoms with Crippen LogP contribution in [0.15, 0.2) is 71.6 Å². The largest absolute Gasteiger partial charge is 0.496 e. The number of hydrogen-bond acceptors (Lipinski definition) is 4. The third kappa shape index (κ3) is 4.43. The smallest absolute Gasteiger partial charge is 0.243 e. The summed E-state index contributed by atoms with van der Waals surface area (Å²) in [4.78, 5) is 13.2. The fourth-order valence-electron chi connectivity index (χ4n) is 4.13. The van der Waals surface area contributed by atoms with Crippen molar-refractivity contribution in [1.82, 2.24) is 9.62 Å². The van der Waals surface area contributed by atoms with Crippen molar-refractivity contribution in [3.63, 3.8) is 0 Å². The van der Waals surface area contributed by atoms with Crippen molar-refractivity contribution in [2.45, 2.75) is 24.3 Å². The molecule has 3 aromatic carbocycles. The molecule has 0 aromatic heterocycles. The summed E-state index contributed by atoms with van der Waals surface area (Å²) in [7, 11) is -1.99. The number of benzene rings is 3. The van der Waals surface area contributed by atoms with Gasteiger partial charge in [-0.25, -0.2) is 8.42 Å². The molecule has 31 heavy (non-hydrogen) atoms. The number of amides is 1. The number of fused-ring (bicyclic) bond motifs is 1. The Hall–Kier alpha value is -2.90. The third-order valence-corrected chi connectivity index (χ3v) is 7.67. The van der Waals surface area contributed by atoms with Crippen LogP contribution in [0.1, 0.15) is 18.4 Å². The molecule has 1 atom stereocenters. The molecule has 162 valence electrons. The summed E-state index contributed by atoms with van der Waals surface area (Å²) in [6.45, 7) is 0.944. The molecule has 1 unspecified atom stereocenters. The number of nitrogens with one attached hydrogen (secondary N) is 1. The van der Waals surface area contributed by atoms with Crippen LogP contribution >= 0.6 is 0 Å². The van der Waals surface area contributed by atoms with Crippen LogP contribution in [-0.4, -0.2) is 38.8 Å². The van der Waals surface area contributed by atoms with Gasteiger partial charge in [-0.3, -0.25) is 4.79 Å². The Morgan fingerprint density at radius 2 is 1.81 bits per heavy atom. The Bertz CT molecular complexity index is 1180. The Kier molecular flexibility index (Phi) is 6.25. The second kappa shape index (κ2) is 9.08. The van der Waals surface area contributed by atoms with Crippen molar-refractivity contribution >= 4 is 26.7 Å². The number of nitrogens with zero attached hydrogens (tertiary/aromatic N) is 1. The lowest BCUT2D eigenvalue weighted by atomic mass is 9.98. The maximum atomic E-state index is 12.9. The maximum absolute atomic E-state index is 12.9. The standard InChI is InChI=1S/C24H26N2O4S/c1-30-23-14-13-18-8-5-6-12-21(18)22(23)16-25-24(27)19-9-7-15-26(17-19)31(28,29)20-10-3-2-4-11-20/h2-6,8,10-14,19H,7,9,15-17H2,1H3,(H,25,27). The number of rotatable bonds is 6. The van der Waals surface area contributed by atoms with Crippen molar-refractivity contribution < 1.29 is 17.9 Å². The summed E-state index contributed by atoms with van der Waals surface area (Å²) in [5.41, 5.74) is 0.915. The van der Waals surface area contributed by atoms with Crippen LogP contribution < -0.4 is 10.1 Å². The number of methoxy groups -OCH3 is 1. The summed E-state index contributed by atoms with van der Waals surface area (Å²) in [5, 5.41) is 5.11. The van der Waals surface area contributed by atoms with Gasteiger partial charge in [-0.15, -0.1) is 0 Å². The number of piperidine rings is 1. The monoisotopic (exact) mass is 438 g/mol. The van der Waals surface area contributed by atoms with Crippen molar-refractivity contribution in [1.29, 1.82) is 0 Å². The first-order chi connectivity index (χ1) is 15.0. The van der Waals surface area contributed by atoms with E-state index in [0.717, 1.165) is 22.1 Å². The first kappa shape index (κ1) is 21.3. The van der Waals surface area contributed by atoms with Crippen LogP contribution in [0.4, 0.5) is 0 Å². The van der Waals surface area contributed by atoms with Gasteiger partial charge >= 0.3 is 0 Å². The van der Waals surface area contributed by atoms with Gasteiger partial charge in [0, 0.05) is 25.2 Å². The van der Waals surface area contributed by atoms with Gasteiger partial charge in [-0.1, -0.05) is 48.5 Å². The molecule has 1 N–H and O–H groups in total. The van der Waals surface area contributed by atoms with Gasteiger partial charge in [0.2, 0.25) is 15.9 Å². The van der Waals surface area contributed by atoms with Gasteiger partial charge < -0.3 is 10.1 Å². The number of sulfonamides is 1. The predicted octanol–water partition coefficient (Wildman–Crippen LogP) is 3.57. The van der Waals surface area contributed by atoms with E-state index in [-0.39, 0.29) is 23.3 Å². The SMILES string of the molecule is COc1ccc2ccccc2c1CNC(=O)C1CCCN(S(=O)(=O)c2ccccc2)C1. The minimum absolute atomic E-state index is 0.136. The zero-order valence-electron chi connectivity index (χ0n) is 17.5. The molecule has 0 radical (unpaired) electrons. The van der Waals surface area contributed by atoms with Crippen LogP contribution in [0.25, 0.3) is 10.8 Å². The summed E-state index contributed by atoms with van der Waals surface area (Å²) >= 11 is 0. The average Bonchev–Trinajstić information content (AvgIpc) is 2.82. The zero-order chi connectivity index (χ0) is 21.8. The lowest BCUT2D eigenvalue weighted by Crippen LogP contribution is -2.45. The van der Waals surface area contributed by atoms with E-state index in [1.807, 2.05) is 36.4 Å². The minimum Gasteiger partial charge on any atom is -0.496 e. The molecule has 1 aliphatic rings. The highest BCUT2D eigenvalue weighted by atomic mass is 32.2. The molecule has 1 fully saturated rings. The van der Waals surface area contributed by atoms with Gasteiger partial charge in [0.15, 0.2) is 0 Å². The van der Waals surface area contributed by atoms with Crippen LogP contribution in [0, 0.1) is 5.92 Å². The molecule has 4 rings (SSSR count). The zero-order valence-corrected chi connectivity index (χ0v) is 18.3. The fourth-order valence-corrected chi connectivity index (χ4v) is 5.67. The number of hydrogen-bond donors (Lipinski definition) is 1. The molecule has 1 heterocycles. The van der Waals surface area contributed by atoms with E-state index in [1.54, 1.807) is 37.4 Å². The summed E-state index contributed by atoms with van der Waals surface area (Å²) in [6.07, 6.45) is 1.32. The first-order valence-corrected chi connectivity index (χ1v) is 11.8. The van der Waals surface area contributed by atoms with E-state index >= 15 is 0 Å². The molecule has 7 heteroatoms.